The number of ether oxygens (including phenoxy) is 1. The summed E-state index contributed by atoms with van der Waals surface area (Å²) in [5.41, 5.74) is 2.27. The number of aromatic nitrogens is 2. The SMILES string of the molecule is [2H]C([2H])(OCC(=O)O)C([2H])([2H])C([2H])([2H])C([2H])([2H])N(c1cnc(-c2ccccc2)c(-c2ccccc2)n1)C(C)C. The van der Waals surface area contributed by atoms with Crippen molar-refractivity contribution in [3.63, 3.8) is 0 Å². The molecule has 0 atom stereocenters. The van der Waals surface area contributed by atoms with Crippen molar-refractivity contribution in [1.82, 2.24) is 9.97 Å². The number of hydrogen-bond acceptors (Lipinski definition) is 5. The summed E-state index contributed by atoms with van der Waals surface area (Å²) < 4.78 is 71.4. The van der Waals surface area contributed by atoms with Gasteiger partial charge in [0.25, 0.3) is 0 Å². The van der Waals surface area contributed by atoms with Crippen LogP contribution >= 0.6 is 0 Å². The smallest absolute Gasteiger partial charge is 0.329 e. The summed E-state index contributed by atoms with van der Waals surface area (Å²) >= 11 is 0. The average molecular weight is 428 g/mol. The molecule has 0 bridgehead atoms. The maximum Gasteiger partial charge on any atom is 0.329 e. The molecular formula is C25H29N3O3. The number of aliphatic carboxylic acids is 1. The lowest BCUT2D eigenvalue weighted by Crippen LogP contribution is -2.33. The van der Waals surface area contributed by atoms with Crippen molar-refractivity contribution in [3.8, 4) is 22.5 Å². The van der Waals surface area contributed by atoms with Crippen LogP contribution in [0.5, 0.6) is 0 Å². The first-order valence-corrected chi connectivity index (χ1v) is 9.67. The van der Waals surface area contributed by atoms with E-state index >= 15 is 0 Å². The van der Waals surface area contributed by atoms with Crippen LogP contribution in [0.4, 0.5) is 5.82 Å². The molecule has 1 heterocycles. The van der Waals surface area contributed by atoms with Gasteiger partial charge >= 0.3 is 5.97 Å². The van der Waals surface area contributed by atoms with E-state index in [0.717, 1.165) is 10.5 Å². The van der Waals surface area contributed by atoms with E-state index in [1.165, 1.54) is 6.20 Å². The van der Waals surface area contributed by atoms with Crippen LogP contribution in [-0.4, -0.2) is 46.7 Å². The maximum atomic E-state index is 10.9. The van der Waals surface area contributed by atoms with Gasteiger partial charge in [-0.15, -0.1) is 0 Å². The first kappa shape index (κ1) is 13.9. The largest absolute Gasteiger partial charge is 0.480 e. The molecule has 0 saturated heterocycles. The Morgan fingerprint density at radius 3 is 2.23 bits per heavy atom. The third-order valence-corrected chi connectivity index (χ3v) is 4.18. The molecule has 0 aliphatic heterocycles. The van der Waals surface area contributed by atoms with Crippen molar-refractivity contribution in [2.75, 3.05) is 24.6 Å². The molecule has 0 unspecified atom stereocenters. The lowest BCUT2D eigenvalue weighted by atomic mass is 10.0. The van der Waals surface area contributed by atoms with Gasteiger partial charge in [0.15, 0.2) is 0 Å². The Bertz CT molecular complexity index is 1290. The van der Waals surface area contributed by atoms with Crippen LogP contribution in [-0.2, 0) is 9.53 Å². The van der Waals surface area contributed by atoms with Crippen molar-refractivity contribution in [1.29, 1.82) is 0 Å². The van der Waals surface area contributed by atoms with Gasteiger partial charge in [0, 0.05) is 38.4 Å². The predicted molar refractivity (Wildman–Crippen MR) is 123 cm³/mol. The number of benzene rings is 2. The predicted octanol–water partition coefficient (Wildman–Crippen LogP) is 4.91. The summed E-state index contributed by atoms with van der Waals surface area (Å²) in [6, 6.07) is 17.4. The topological polar surface area (TPSA) is 75.6 Å². The Labute approximate surface area is 194 Å². The minimum Gasteiger partial charge on any atom is -0.480 e. The zero-order valence-corrected chi connectivity index (χ0v) is 17.2. The van der Waals surface area contributed by atoms with Crippen LogP contribution in [0.3, 0.4) is 0 Å². The van der Waals surface area contributed by atoms with Gasteiger partial charge in [-0.2, -0.15) is 0 Å². The van der Waals surface area contributed by atoms with Crippen LogP contribution < -0.4 is 4.90 Å². The van der Waals surface area contributed by atoms with Gasteiger partial charge in [-0.3, -0.25) is 4.98 Å². The highest BCUT2D eigenvalue weighted by atomic mass is 16.5. The fourth-order valence-electron chi connectivity index (χ4n) is 2.80. The van der Waals surface area contributed by atoms with Gasteiger partial charge < -0.3 is 14.7 Å². The molecule has 0 aliphatic rings. The van der Waals surface area contributed by atoms with E-state index in [-0.39, 0.29) is 5.82 Å². The quantitative estimate of drug-likeness (QED) is 0.469. The summed E-state index contributed by atoms with van der Waals surface area (Å²) in [6.45, 7) is -4.86. The lowest BCUT2D eigenvalue weighted by molar-refractivity contribution is -0.142. The molecule has 0 saturated carbocycles. The van der Waals surface area contributed by atoms with E-state index < -0.39 is 44.4 Å². The fraction of sp³-hybridized carbons (Fsp3) is 0.320. The Morgan fingerprint density at radius 2 is 1.65 bits per heavy atom. The minimum absolute atomic E-state index is 0.111. The standard InChI is InChI=1S/C25H29N3O3/c1-19(2)28(15-9-10-16-31-18-23(29)30)22-17-26-24(20-11-5-3-6-12-20)25(27-22)21-13-7-4-8-14-21/h3-8,11-14,17,19H,9-10,15-16,18H2,1-2H3,(H,29,30)/i9D2,10D2,15D2,16D2. The van der Waals surface area contributed by atoms with Crippen LogP contribution in [0, 0.1) is 0 Å². The molecule has 3 rings (SSSR count). The Balaban J connectivity index is 2.17. The molecule has 31 heavy (non-hydrogen) atoms. The first-order valence-electron chi connectivity index (χ1n) is 13.7. The Kier molecular flexibility index (Phi) is 5.05. The monoisotopic (exact) mass is 427 g/mol. The number of carboxylic acids is 1. The van der Waals surface area contributed by atoms with Crippen LogP contribution in [0.15, 0.2) is 66.9 Å². The van der Waals surface area contributed by atoms with E-state index in [2.05, 4.69) is 14.7 Å². The summed E-state index contributed by atoms with van der Waals surface area (Å²) in [6.07, 6.45) is -5.97. The molecule has 0 amide bonds. The molecule has 1 aromatic heterocycles. The maximum absolute atomic E-state index is 10.9. The number of carboxylic acid groups (broad SMARTS) is 1. The van der Waals surface area contributed by atoms with Crippen molar-refractivity contribution < 1.29 is 25.6 Å². The number of anilines is 1. The molecule has 3 aromatic rings. The Morgan fingerprint density at radius 1 is 1.03 bits per heavy atom. The van der Waals surface area contributed by atoms with E-state index in [1.54, 1.807) is 38.1 Å². The summed E-state index contributed by atoms with van der Waals surface area (Å²) in [7, 11) is 0. The van der Waals surface area contributed by atoms with Crippen LogP contribution in [0.25, 0.3) is 22.5 Å². The van der Waals surface area contributed by atoms with Crippen molar-refractivity contribution >= 4 is 11.8 Å². The number of hydrogen-bond donors (Lipinski definition) is 1. The molecule has 6 heteroatoms. The second-order valence-corrected chi connectivity index (χ2v) is 6.77. The van der Waals surface area contributed by atoms with E-state index in [4.69, 9.17) is 16.1 Å². The van der Waals surface area contributed by atoms with Crippen molar-refractivity contribution in [2.45, 2.75) is 32.6 Å². The second-order valence-electron chi connectivity index (χ2n) is 6.77. The zero-order valence-electron chi connectivity index (χ0n) is 25.2. The van der Waals surface area contributed by atoms with Gasteiger partial charge in [0.1, 0.15) is 12.4 Å². The van der Waals surface area contributed by atoms with Crippen LogP contribution in [0.2, 0.25) is 0 Å². The summed E-state index contributed by atoms with van der Waals surface area (Å²) in [5.74, 6) is -1.70. The molecule has 6 nitrogen and oxygen atoms in total. The van der Waals surface area contributed by atoms with E-state index in [1.807, 2.05) is 36.4 Å². The van der Waals surface area contributed by atoms with Crippen LogP contribution in [0.1, 0.15) is 37.6 Å². The lowest BCUT2D eigenvalue weighted by Gasteiger charge is -2.28. The number of carbonyl (C=O) groups is 1. The molecule has 0 spiro atoms. The fourth-order valence-corrected chi connectivity index (χ4v) is 2.80. The molecule has 0 aliphatic carbocycles. The van der Waals surface area contributed by atoms with Gasteiger partial charge in [-0.1, -0.05) is 60.7 Å². The Hall–Kier alpha value is -3.25. The molecular weight excluding hydrogens is 390 g/mol. The average Bonchev–Trinajstić information content (AvgIpc) is 2.88. The third-order valence-electron chi connectivity index (χ3n) is 4.18. The number of rotatable bonds is 11. The highest BCUT2D eigenvalue weighted by Gasteiger charge is 2.17. The highest BCUT2D eigenvalue weighted by Crippen LogP contribution is 2.30. The zero-order chi connectivity index (χ0) is 29.2. The van der Waals surface area contributed by atoms with Crippen molar-refractivity contribution in [3.05, 3.63) is 66.9 Å². The minimum atomic E-state index is -3.65. The molecule has 2 aromatic carbocycles. The van der Waals surface area contributed by atoms with Gasteiger partial charge in [-0.05, 0) is 26.6 Å². The van der Waals surface area contributed by atoms with Gasteiger partial charge in [0.2, 0.25) is 0 Å². The summed E-state index contributed by atoms with van der Waals surface area (Å²) in [4.78, 5) is 21.0. The second kappa shape index (κ2) is 11.2. The first-order chi connectivity index (χ1) is 18.0. The van der Waals surface area contributed by atoms with E-state index in [9.17, 15) is 4.79 Å². The number of nitrogens with zero attached hydrogens (tertiary/aromatic N) is 3. The third kappa shape index (κ3) is 6.36. The van der Waals surface area contributed by atoms with Gasteiger partial charge in [0.05, 0.1) is 20.3 Å². The van der Waals surface area contributed by atoms with Crippen molar-refractivity contribution in [2.24, 2.45) is 0 Å². The van der Waals surface area contributed by atoms with Gasteiger partial charge in [-0.25, -0.2) is 9.78 Å². The summed E-state index contributed by atoms with van der Waals surface area (Å²) in [5, 5.41) is 8.83. The highest BCUT2D eigenvalue weighted by molar-refractivity contribution is 5.78. The normalized spacial score (nSPS) is 16.6. The molecule has 0 radical (unpaired) electrons. The molecule has 162 valence electrons. The van der Waals surface area contributed by atoms with E-state index in [0.29, 0.717) is 17.0 Å². The molecule has 1 N–H and O–H groups in total. The molecule has 0 fully saturated rings.